The summed E-state index contributed by atoms with van der Waals surface area (Å²) in [5.74, 6) is 2.47. The van der Waals surface area contributed by atoms with E-state index in [9.17, 15) is 9.59 Å². The van der Waals surface area contributed by atoms with E-state index in [1.165, 1.54) is 43.2 Å². The Morgan fingerprint density at radius 2 is 1.68 bits per heavy atom. The van der Waals surface area contributed by atoms with Gasteiger partial charge in [0.15, 0.2) is 5.69 Å². The van der Waals surface area contributed by atoms with Gasteiger partial charge in [-0.3, -0.25) is 9.59 Å². The average Bonchev–Trinajstić information content (AvgIpc) is 2.76. The molecule has 6 rings (SSSR count). The number of benzene rings is 1. The van der Waals surface area contributed by atoms with Gasteiger partial charge in [-0.15, -0.1) is 0 Å². The molecule has 0 aliphatic heterocycles. The van der Waals surface area contributed by atoms with Crippen molar-refractivity contribution in [2.24, 2.45) is 23.2 Å². The van der Waals surface area contributed by atoms with Crippen molar-refractivity contribution in [3.63, 3.8) is 0 Å². The highest BCUT2D eigenvalue weighted by atomic mass is 16.2. The van der Waals surface area contributed by atoms with Crippen molar-refractivity contribution >= 4 is 16.7 Å². The zero-order valence-corrected chi connectivity index (χ0v) is 18.7. The van der Waals surface area contributed by atoms with Crippen LogP contribution in [0.3, 0.4) is 0 Å². The molecule has 1 aromatic heterocycles. The molecule has 4 aliphatic carbocycles. The number of aromatic nitrogens is 2. The summed E-state index contributed by atoms with van der Waals surface area (Å²) in [5, 5.41) is 9.07. The number of carbonyl (C=O) groups excluding carboxylic acids is 1. The van der Waals surface area contributed by atoms with E-state index in [1.54, 1.807) is 0 Å². The van der Waals surface area contributed by atoms with Crippen molar-refractivity contribution < 1.29 is 4.79 Å². The van der Waals surface area contributed by atoms with Gasteiger partial charge in [0.25, 0.3) is 11.5 Å². The van der Waals surface area contributed by atoms with Gasteiger partial charge in [0.2, 0.25) is 0 Å². The number of hydrogen-bond donors (Lipinski definition) is 1. The molecule has 5 nitrogen and oxygen atoms in total. The van der Waals surface area contributed by atoms with Gasteiger partial charge in [-0.1, -0.05) is 44.4 Å². The van der Waals surface area contributed by atoms with Gasteiger partial charge >= 0.3 is 0 Å². The maximum Gasteiger partial charge on any atom is 0.274 e. The number of hydrogen-bond acceptors (Lipinski definition) is 3. The van der Waals surface area contributed by atoms with E-state index in [1.807, 2.05) is 24.3 Å². The molecule has 2 aromatic rings. The molecule has 1 N–H and O–H groups in total. The predicted molar refractivity (Wildman–Crippen MR) is 123 cm³/mol. The number of amides is 1. The third-order valence-electron chi connectivity index (χ3n) is 8.10. The molecule has 4 bridgehead atoms. The van der Waals surface area contributed by atoms with Crippen LogP contribution in [0.4, 0.5) is 0 Å². The van der Waals surface area contributed by atoms with Crippen LogP contribution in [0.25, 0.3) is 10.8 Å². The van der Waals surface area contributed by atoms with Crippen molar-refractivity contribution in [3.05, 3.63) is 40.3 Å². The van der Waals surface area contributed by atoms with Gasteiger partial charge in [0.05, 0.1) is 5.39 Å². The minimum Gasteiger partial charge on any atom is -0.350 e. The van der Waals surface area contributed by atoms with Gasteiger partial charge in [-0.05, 0) is 74.2 Å². The number of nitrogens with zero attached hydrogens (tertiary/aromatic N) is 2. The molecule has 1 aromatic carbocycles. The van der Waals surface area contributed by atoms with Crippen molar-refractivity contribution in [2.75, 3.05) is 6.54 Å². The summed E-state index contributed by atoms with van der Waals surface area (Å²) in [6.07, 6.45) is 12.3. The molecule has 0 radical (unpaired) electrons. The first kappa shape index (κ1) is 20.7. The highest BCUT2D eigenvalue weighted by Crippen LogP contribution is 2.59. The highest BCUT2D eigenvalue weighted by molar-refractivity contribution is 6.04. The summed E-state index contributed by atoms with van der Waals surface area (Å²) in [5.41, 5.74) is 0.592. The third kappa shape index (κ3) is 4.04. The summed E-state index contributed by atoms with van der Waals surface area (Å²) >= 11 is 0. The lowest BCUT2D eigenvalue weighted by molar-refractivity contribution is -0.0503. The van der Waals surface area contributed by atoms with Crippen LogP contribution in [0, 0.1) is 23.2 Å². The topological polar surface area (TPSA) is 64.0 Å². The van der Waals surface area contributed by atoms with Crippen LogP contribution in [-0.4, -0.2) is 22.2 Å². The molecule has 1 heterocycles. The van der Waals surface area contributed by atoms with E-state index in [0.717, 1.165) is 50.0 Å². The Kier molecular flexibility index (Phi) is 5.61. The molecule has 0 unspecified atom stereocenters. The summed E-state index contributed by atoms with van der Waals surface area (Å²) in [4.78, 5) is 26.2. The Morgan fingerprint density at radius 3 is 2.32 bits per heavy atom. The van der Waals surface area contributed by atoms with Crippen LogP contribution >= 0.6 is 0 Å². The molecule has 0 saturated heterocycles. The Labute approximate surface area is 184 Å². The number of unbranched alkanes of at least 4 members (excludes halogenated alkanes) is 3. The average molecular weight is 422 g/mol. The van der Waals surface area contributed by atoms with E-state index in [-0.39, 0.29) is 16.9 Å². The fourth-order valence-electron chi connectivity index (χ4n) is 7.10. The molecule has 0 spiro atoms. The summed E-state index contributed by atoms with van der Waals surface area (Å²) in [6, 6.07) is 7.41. The van der Waals surface area contributed by atoms with E-state index >= 15 is 0 Å². The van der Waals surface area contributed by atoms with E-state index < -0.39 is 0 Å². The van der Waals surface area contributed by atoms with Crippen LogP contribution < -0.4 is 10.9 Å². The molecule has 1 amide bonds. The fraction of sp³-hybridized carbons (Fsp3) is 0.654. The van der Waals surface area contributed by atoms with Crippen molar-refractivity contribution in [1.82, 2.24) is 15.1 Å². The maximum absolute atomic E-state index is 13.3. The van der Waals surface area contributed by atoms with Gasteiger partial charge in [0, 0.05) is 18.5 Å². The lowest BCUT2D eigenvalue weighted by atomic mass is 9.49. The number of aryl methyl sites for hydroxylation is 1. The Balaban J connectivity index is 1.36. The molecule has 4 fully saturated rings. The second-order valence-corrected chi connectivity index (χ2v) is 10.6. The van der Waals surface area contributed by atoms with Crippen LogP contribution in [0.15, 0.2) is 29.1 Å². The highest BCUT2D eigenvalue weighted by Gasteiger charge is 2.50. The number of rotatable bonds is 8. The van der Waals surface area contributed by atoms with E-state index in [4.69, 9.17) is 0 Å². The van der Waals surface area contributed by atoms with Crippen molar-refractivity contribution in [2.45, 2.75) is 77.7 Å². The molecule has 4 aliphatic rings. The molecule has 4 saturated carbocycles. The van der Waals surface area contributed by atoms with Crippen LogP contribution in [0.2, 0.25) is 0 Å². The van der Waals surface area contributed by atoms with Gasteiger partial charge in [-0.25, -0.2) is 4.68 Å². The van der Waals surface area contributed by atoms with Crippen molar-refractivity contribution in [3.8, 4) is 0 Å². The monoisotopic (exact) mass is 421 g/mol. The number of fused-ring (bicyclic) bond motifs is 1. The summed E-state index contributed by atoms with van der Waals surface area (Å²) < 4.78 is 1.51. The van der Waals surface area contributed by atoms with Gasteiger partial charge in [-0.2, -0.15) is 5.10 Å². The zero-order valence-electron chi connectivity index (χ0n) is 18.7. The molecular formula is C26H35N3O2. The zero-order chi connectivity index (χ0) is 21.4. The lowest BCUT2D eigenvalue weighted by Crippen LogP contribution is -2.51. The SMILES string of the molecule is CCCCCCn1nc(C(=O)NCC23CC4CC(CC(C4)C2)C3)c2ccccc2c1=O. The largest absolute Gasteiger partial charge is 0.350 e. The second kappa shape index (κ2) is 8.40. The maximum atomic E-state index is 13.3. The molecule has 0 atom stereocenters. The molecular weight excluding hydrogens is 386 g/mol. The first-order valence-electron chi connectivity index (χ1n) is 12.3. The number of nitrogens with one attached hydrogen (secondary N) is 1. The van der Waals surface area contributed by atoms with Gasteiger partial charge in [0.1, 0.15) is 0 Å². The Bertz CT molecular complexity index is 990. The summed E-state index contributed by atoms with van der Waals surface area (Å²) in [6.45, 7) is 3.49. The van der Waals surface area contributed by atoms with Gasteiger partial charge < -0.3 is 5.32 Å². The molecule has 166 valence electrons. The van der Waals surface area contributed by atoms with Crippen LogP contribution in [0.5, 0.6) is 0 Å². The standard InChI is InChI=1S/C26H35N3O2/c1-2-3-4-7-10-29-25(31)22-9-6-5-8-21(22)23(28-29)24(30)27-17-26-14-18-11-19(15-26)13-20(12-18)16-26/h5-6,8-9,18-20H,2-4,7,10-17H2,1H3,(H,27,30). The van der Waals surface area contributed by atoms with E-state index in [2.05, 4.69) is 17.3 Å². The third-order valence-corrected chi connectivity index (χ3v) is 8.10. The minimum atomic E-state index is -0.130. The smallest absolute Gasteiger partial charge is 0.274 e. The first-order chi connectivity index (χ1) is 15.1. The predicted octanol–water partition coefficient (Wildman–Crippen LogP) is 4.92. The van der Waals surface area contributed by atoms with Crippen LogP contribution in [0.1, 0.15) is 81.6 Å². The minimum absolute atomic E-state index is 0.0928. The quantitative estimate of drug-likeness (QED) is 0.615. The number of carbonyl (C=O) groups is 1. The normalized spacial score (nSPS) is 28.9. The Hall–Kier alpha value is -2.17. The summed E-state index contributed by atoms with van der Waals surface area (Å²) in [7, 11) is 0. The fourth-order valence-corrected chi connectivity index (χ4v) is 7.10. The second-order valence-electron chi connectivity index (χ2n) is 10.6. The molecule has 31 heavy (non-hydrogen) atoms. The Morgan fingerprint density at radius 1 is 1.03 bits per heavy atom. The molecule has 5 heteroatoms. The van der Waals surface area contributed by atoms with Crippen LogP contribution in [-0.2, 0) is 6.54 Å². The lowest BCUT2D eigenvalue weighted by Gasteiger charge is -2.56. The van der Waals surface area contributed by atoms with Crippen molar-refractivity contribution in [1.29, 1.82) is 0 Å². The van der Waals surface area contributed by atoms with E-state index in [0.29, 0.717) is 23.0 Å². The first-order valence-corrected chi connectivity index (χ1v) is 12.3.